The van der Waals surface area contributed by atoms with Crippen molar-refractivity contribution in [2.45, 2.75) is 31.7 Å². The van der Waals surface area contributed by atoms with Gasteiger partial charge in [-0.2, -0.15) is 0 Å². The van der Waals surface area contributed by atoms with Gasteiger partial charge in [-0.3, -0.25) is 4.79 Å². The van der Waals surface area contributed by atoms with E-state index in [2.05, 4.69) is 41.7 Å². The van der Waals surface area contributed by atoms with Crippen molar-refractivity contribution in [1.82, 2.24) is 5.32 Å². The molecule has 4 atom stereocenters. The Kier molecular flexibility index (Phi) is 2.51. The van der Waals surface area contributed by atoms with Gasteiger partial charge in [-0.1, -0.05) is 36.4 Å². The average molecular weight is 253 g/mol. The Bertz CT molecular complexity index is 548. The number of benzene rings is 1. The molecule has 4 rings (SSSR count). The zero-order valence-corrected chi connectivity index (χ0v) is 11.0. The Morgan fingerprint density at radius 2 is 2.05 bits per heavy atom. The molecule has 2 nitrogen and oxygen atoms in total. The van der Waals surface area contributed by atoms with Gasteiger partial charge < -0.3 is 5.32 Å². The summed E-state index contributed by atoms with van der Waals surface area (Å²) in [6.07, 6.45) is 8.94. The molecule has 1 aromatic rings. The molecule has 3 aliphatic rings. The third-order valence-corrected chi connectivity index (χ3v) is 5.07. The highest BCUT2D eigenvalue weighted by Crippen LogP contribution is 2.44. The van der Waals surface area contributed by atoms with Crippen molar-refractivity contribution in [3.63, 3.8) is 0 Å². The predicted molar refractivity (Wildman–Crippen MR) is 74.5 cm³/mol. The lowest BCUT2D eigenvalue weighted by Crippen LogP contribution is -2.34. The summed E-state index contributed by atoms with van der Waals surface area (Å²) in [6.45, 7) is 0. The topological polar surface area (TPSA) is 29.1 Å². The molecule has 19 heavy (non-hydrogen) atoms. The fourth-order valence-electron chi connectivity index (χ4n) is 4.07. The summed E-state index contributed by atoms with van der Waals surface area (Å²) < 4.78 is 0. The van der Waals surface area contributed by atoms with Crippen LogP contribution in [-0.4, -0.2) is 5.91 Å². The minimum Gasteiger partial charge on any atom is -0.349 e. The Hall–Kier alpha value is -1.57. The molecule has 1 aromatic carbocycles. The number of carbonyl (C=O) groups excluding carboxylic acids is 1. The zero-order chi connectivity index (χ0) is 12.8. The highest BCUT2D eigenvalue weighted by atomic mass is 16.2. The summed E-state index contributed by atoms with van der Waals surface area (Å²) in [7, 11) is 0. The smallest absolute Gasteiger partial charge is 0.224 e. The number of carbonyl (C=O) groups is 1. The van der Waals surface area contributed by atoms with E-state index in [4.69, 9.17) is 0 Å². The van der Waals surface area contributed by atoms with Crippen LogP contribution in [-0.2, 0) is 11.2 Å². The number of fused-ring (bicyclic) bond motifs is 3. The van der Waals surface area contributed by atoms with Crippen molar-refractivity contribution in [2.75, 3.05) is 0 Å². The van der Waals surface area contributed by atoms with E-state index in [0.717, 1.165) is 19.3 Å². The lowest BCUT2D eigenvalue weighted by Gasteiger charge is -2.21. The van der Waals surface area contributed by atoms with Crippen molar-refractivity contribution in [2.24, 2.45) is 17.8 Å². The Morgan fingerprint density at radius 3 is 2.84 bits per heavy atom. The summed E-state index contributed by atoms with van der Waals surface area (Å²) in [5.41, 5.74) is 2.73. The van der Waals surface area contributed by atoms with E-state index in [1.807, 2.05) is 0 Å². The molecule has 0 aliphatic heterocycles. The largest absolute Gasteiger partial charge is 0.349 e. The van der Waals surface area contributed by atoms with Crippen molar-refractivity contribution >= 4 is 5.91 Å². The number of hydrogen-bond acceptors (Lipinski definition) is 1. The first kappa shape index (κ1) is 11.3. The monoisotopic (exact) mass is 253 g/mol. The second-order valence-corrected chi connectivity index (χ2v) is 6.19. The summed E-state index contributed by atoms with van der Waals surface area (Å²) >= 11 is 0. The minimum atomic E-state index is 0.225. The summed E-state index contributed by atoms with van der Waals surface area (Å²) in [5.74, 6) is 1.67. The molecule has 1 N–H and O–H groups in total. The van der Waals surface area contributed by atoms with Crippen LogP contribution in [0.2, 0.25) is 0 Å². The van der Waals surface area contributed by atoms with E-state index >= 15 is 0 Å². The van der Waals surface area contributed by atoms with Crippen LogP contribution in [0, 0.1) is 17.8 Å². The summed E-state index contributed by atoms with van der Waals surface area (Å²) in [4.78, 5) is 12.5. The van der Waals surface area contributed by atoms with Gasteiger partial charge in [-0.05, 0) is 48.6 Å². The van der Waals surface area contributed by atoms with Crippen molar-refractivity contribution in [1.29, 1.82) is 0 Å². The lowest BCUT2D eigenvalue weighted by atomic mass is 9.92. The molecule has 0 saturated heterocycles. The molecule has 1 amide bonds. The number of hydrogen-bond donors (Lipinski definition) is 1. The quantitative estimate of drug-likeness (QED) is 0.807. The molecule has 0 aromatic heterocycles. The lowest BCUT2D eigenvalue weighted by molar-refractivity contribution is -0.126. The molecule has 1 saturated carbocycles. The fourth-order valence-corrected chi connectivity index (χ4v) is 4.07. The van der Waals surface area contributed by atoms with E-state index in [1.54, 1.807) is 0 Å². The first-order valence-electron chi connectivity index (χ1n) is 7.38. The van der Waals surface area contributed by atoms with Gasteiger partial charge in [-0.15, -0.1) is 0 Å². The average Bonchev–Trinajstić information content (AvgIpc) is 3.14. The van der Waals surface area contributed by atoms with Gasteiger partial charge in [-0.25, -0.2) is 0 Å². The van der Waals surface area contributed by atoms with Crippen molar-refractivity contribution in [3.8, 4) is 0 Å². The molecule has 0 radical (unpaired) electrons. The van der Waals surface area contributed by atoms with Crippen LogP contribution in [0.4, 0.5) is 0 Å². The molecule has 0 spiro atoms. The van der Waals surface area contributed by atoms with Crippen LogP contribution in [0.1, 0.15) is 36.4 Å². The standard InChI is InChI=1S/C17H19NO/c19-17(15-10-11-5-6-13(15)9-11)18-16-8-7-12-3-1-2-4-14(12)16/h1-6,11,13,15-16H,7-10H2,(H,18,19). The van der Waals surface area contributed by atoms with Gasteiger partial charge in [0, 0.05) is 5.92 Å². The van der Waals surface area contributed by atoms with E-state index in [1.165, 1.54) is 17.5 Å². The van der Waals surface area contributed by atoms with Gasteiger partial charge in [0.05, 0.1) is 6.04 Å². The highest BCUT2D eigenvalue weighted by molar-refractivity contribution is 5.80. The summed E-state index contributed by atoms with van der Waals surface area (Å²) in [5, 5.41) is 3.29. The minimum absolute atomic E-state index is 0.225. The second kappa shape index (κ2) is 4.22. The molecule has 98 valence electrons. The molecule has 4 unspecified atom stereocenters. The molecule has 1 fully saturated rings. The highest BCUT2D eigenvalue weighted by Gasteiger charge is 2.40. The molecule has 2 heteroatoms. The van der Waals surface area contributed by atoms with Crippen LogP contribution < -0.4 is 5.32 Å². The molecular formula is C17H19NO. The normalized spacial score (nSPS) is 34.5. The van der Waals surface area contributed by atoms with Crippen LogP contribution >= 0.6 is 0 Å². The first-order chi connectivity index (χ1) is 9.31. The van der Waals surface area contributed by atoms with E-state index in [9.17, 15) is 4.79 Å². The van der Waals surface area contributed by atoms with Crippen molar-refractivity contribution < 1.29 is 4.79 Å². The SMILES string of the molecule is O=C(NC1CCc2ccccc21)C1CC2C=CC1C2. The third kappa shape index (κ3) is 1.81. The van der Waals surface area contributed by atoms with E-state index in [0.29, 0.717) is 11.8 Å². The fraction of sp³-hybridized carbons (Fsp3) is 0.471. The van der Waals surface area contributed by atoms with Gasteiger partial charge in [0.25, 0.3) is 0 Å². The molecular weight excluding hydrogens is 234 g/mol. The number of nitrogens with one attached hydrogen (secondary N) is 1. The second-order valence-electron chi connectivity index (χ2n) is 6.19. The number of allylic oxidation sites excluding steroid dienone is 2. The molecule has 0 heterocycles. The maximum Gasteiger partial charge on any atom is 0.224 e. The maximum atomic E-state index is 12.5. The van der Waals surface area contributed by atoms with E-state index in [-0.39, 0.29) is 17.9 Å². The Balaban J connectivity index is 1.48. The molecule has 2 bridgehead atoms. The van der Waals surface area contributed by atoms with Crippen LogP contribution in [0.3, 0.4) is 0 Å². The summed E-state index contributed by atoms with van der Waals surface area (Å²) in [6, 6.07) is 8.75. The third-order valence-electron chi connectivity index (χ3n) is 5.07. The van der Waals surface area contributed by atoms with E-state index < -0.39 is 0 Å². The Labute approximate surface area is 113 Å². The van der Waals surface area contributed by atoms with Gasteiger partial charge in [0.1, 0.15) is 0 Å². The van der Waals surface area contributed by atoms with Crippen LogP contribution in [0.15, 0.2) is 36.4 Å². The number of rotatable bonds is 2. The van der Waals surface area contributed by atoms with Gasteiger partial charge >= 0.3 is 0 Å². The number of amides is 1. The molecule has 3 aliphatic carbocycles. The Morgan fingerprint density at radius 1 is 1.16 bits per heavy atom. The maximum absolute atomic E-state index is 12.5. The number of aryl methyl sites for hydroxylation is 1. The predicted octanol–water partition coefficient (Wildman–Crippen LogP) is 3.00. The first-order valence-corrected chi connectivity index (χ1v) is 7.38. The van der Waals surface area contributed by atoms with Gasteiger partial charge in [0.15, 0.2) is 0 Å². The van der Waals surface area contributed by atoms with Gasteiger partial charge in [0.2, 0.25) is 5.91 Å². The van der Waals surface area contributed by atoms with Crippen LogP contribution in [0.25, 0.3) is 0 Å². The zero-order valence-electron chi connectivity index (χ0n) is 11.0. The van der Waals surface area contributed by atoms with Crippen LogP contribution in [0.5, 0.6) is 0 Å². The van der Waals surface area contributed by atoms with Crippen molar-refractivity contribution in [3.05, 3.63) is 47.5 Å².